The van der Waals surface area contributed by atoms with Crippen LogP contribution in [0.1, 0.15) is 52.4 Å². The highest BCUT2D eigenvalue weighted by atomic mass is 35.5. The van der Waals surface area contributed by atoms with Crippen LogP contribution in [-0.4, -0.2) is 42.0 Å². The number of piperidine rings is 1. The van der Waals surface area contributed by atoms with Crippen LogP contribution in [0.2, 0.25) is 0 Å². The number of carbonyl (C=O) groups excluding carboxylic acids is 1. The summed E-state index contributed by atoms with van der Waals surface area (Å²) in [6, 6.07) is 7.97. The highest BCUT2D eigenvalue weighted by molar-refractivity contribution is 7.15. The predicted octanol–water partition coefficient (Wildman–Crippen LogP) is 3.88. The number of rotatable bonds is 5. The van der Waals surface area contributed by atoms with Crippen molar-refractivity contribution in [3.05, 3.63) is 46.5 Å². The Kier molecular flexibility index (Phi) is 7.24. The first kappa shape index (κ1) is 20.3. The van der Waals surface area contributed by atoms with Crippen LogP contribution in [0, 0.1) is 0 Å². The number of benzene rings is 1. The fourth-order valence-corrected chi connectivity index (χ4v) is 4.80. The molecule has 1 aromatic carbocycles. The lowest BCUT2D eigenvalue weighted by Gasteiger charge is -2.20. The maximum atomic E-state index is 12.6. The highest BCUT2D eigenvalue weighted by Crippen LogP contribution is 2.31. The number of thiazole rings is 1. The molecule has 2 N–H and O–H groups in total. The van der Waals surface area contributed by atoms with Crippen molar-refractivity contribution in [1.29, 1.82) is 0 Å². The monoisotopic (exact) mass is 406 g/mol. The van der Waals surface area contributed by atoms with Crippen molar-refractivity contribution in [3.63, 3.8) is 0 Å². The van der Waals surface area contributed by atoms with Crippen molar-refractivity contribution in [2.24, 2.45) is 0 Å². The zero-order valence-corrected chi connectivity index (χ0v) is 17.1. The van der Waals surface area contributed by atoms with E-state index in [0.717, 1.165) is 45.6 Å². The lowest BCUT2D eigenvalue weighted by molar-refractivity contribution is 0.102. The molecule has 4 rings (SSSR count). The van der Waals surface area contributed by atoms with Gasteiger partial charge in [0.25, 0.3) is 5.91 Å². The minimum Gasteiger partial charge on any atom is -0.317 e. The van der Waals surface area contributed by atoms with Crippen molar-refractivity contribution in [3.8, 4) is 0 Å². The van der Waals surface area contributed by atoms with Crippen molar-refractivity contribution in [2.45, 2.75) is 38.1 Å². The number of carbonyl (C=O) groups is 1. The molecule has 7 heteroatoms. The SMILES string of the molecule is Cl.O=C(Nc1ncc(C2CCNCC2)s1)c1cccc(CN2CCCC2)c1. The first-order valence-corrected chi connectivity index (χ1v) is 10.4. The molecule has 2 saturated heterocycles. The van der Waals surface area contributed by atoms with Gasteiger partial charge >= 0.3 is 0 Å². The molecule has 1 aromatic heterocycles. The zero-order valence-electron chi connectivity index (χ0n) is 15.4. The molecule has 2 aliphatic heterocycles. The molecular formula is C20H27ClN4OS. The summed E-state index contributed by atoms with van der Waals surface area (Å²) in [6.07, 6.45) is 6.79. The van der Waals surface area contributed by atoms with Gasteiger partial charge in [0.15, 0.2) is 5.13 Å². The van der Waals surface area contributed by atoms with E-state index in [9.17, 15) is 4.79 Å². The van der Waals surface area contributed by atoms with Gasteiger partial charge in [0.05, 0.1) is 0 Å². The Morgan fingerprint density at radius 3 is 2.81 bits per heavy atom. The summed E-state index contributed by atoms with van der Waals surface area (Å²) >= 11 is 1.61. The Morgan fingerprint density at radius 1 is 1.26 bits per heavy atom. The summed E-state index contributed by atoms with van der Waals surface area (Å²) in [5.74, 6) is 0.502. The first-order valence-electron chi connectivity index (χ1n) is 9.57. The number of halogens is 1. The zero-order chi connectivity index (χ0) is 17.8. The minimum atomic E-state index is -0.0699. The molecule has 0 radical (unpaired) electrons. The predicted molar refractivity (Wildman–Crippen MR) is 113 cm³/mol. The van der Waals surface area contributed by atoms with Gasteiger partial charge in [-0.3, -0.25) is 15.0 Å². The maximum absolute atomic E-state index is 12.6. The molecule has 0 bridgehead atoms. The van der Waals surface area contributed by atoms with Crippen LogP contribution in [0.15, 0.2) is 30.5 Å². The second kappa shape index (κ2) is 9.64. The van der Waals surface area contributed by atoms with Gasteiger partial charge in [0, 0.05) is 23.2 Å². The molecule has 1 amide bonds. The smallest absolute Gasteiger partial charge is 0.257 e. The number of aromatic nitrogens is 1. The average molecular weight is 407 g/mol. The molecule has 0 saturated carbocycles. The van der Waals surface area contributed by atoms with Gasteiger partial charge in [0.2, 0.25) is 0 Å². The number of likely N-dealkylation sites (tertiary alicyclic amines) is 1. The van der Waals surface area contributed by atoms with E-state index in [2.05, 4.69) is 26.6 Å². The van der Waals surface area contributed by atoms with Crippen LogP contribution < -0.4 is 10.6 Å². The van der Waals surface area contributed by atoms with Gasteiger partial charge in [-0.2, -0.15) is 0 Å². The second-order valence-electron chi connectivity index (χ2n) is 7.23. The molecule has 2 aliphatic rings. The maximum Gasteiger partial charge on any atom is 0.257 e. The summed E-state index contributed by atoms with van der Waals surface area (Å²) in [7, 11) is 0. The Hall–Kier alpha value is -1.47. The standard InChI is InChI=1S/C20H26N4OS.ClH/c25-19(17-5-3-4-15(12-17)14-24-10-1-2-11-24)23-20-22-13-18(26-20)16-6-8-21-9-7-16;/h3-5,12-13,16,21H,1-2,6-11,14H2,(H,22,23,25);1H. The number of hydrogen-bond donors (Lipinski definition) is 2. The van der Waals surface area contributed by atoms with E-state index < -0.39 is 0 Å². The second-order valence-corrected chi connectivity index (χ2v) is 8.29. The quantitative estimate of drug-likeness (QED) is 0.791. The van der Waals surface area contributed by atoms with Crippen LogP contribution in [0.25, 0.3) is 0 Å². The lowest BCUT2D eigenvalue weighted by Crippen LogP contribution is -2.26. The van der Waals surface area contributed by atoms with Crippen molar-refractivity contribution >= 4 is 34.8 Å². The molecule has 0 atom stereocenters. The molecule has 0 unspecified atom stereocenters. The molecule has 2 aromatic rings. The number of hydrogen-bond acceptors (Lipinski definition) is 5. The average Bonchev–Trinajstić information content (AvgIpc) is 3.35. The van der Waals surface area contributed by atoms with Gasteiger partial charge in [-0.25, -0.2) is 4.98 Å². The summed E-state index contributed by atoms with van der Waals surface area (Å²) in [5, 5.41) is 7.07. The van der Waals surface area contributed by atoms with Crippen LogP contribution in [-0.2, 0) is 6.54 Å². The third kappa shape index (κ3) is 5.29. The van der Waals surface area contributed by atoms with Crippen LogP contribution in [0.3, 0.4) is 0 Å². The number of nitrogens with one attached hydrogen (secondary N) is 2. The summed E-state index contributed by atoms with van der Waals surface area (Å²) in [5.41, 5.74) is 1.91. The Labute approximate surface area is 171 Å². The summed E-state index contributed by atoms with van der Waals surface area (Å²) in [4.78, 5) is 20.8. The van der Waals surface area contributed by atoms with E-state index in [1.165, 1.54) is 23.3 Å². The fraction of sp³-hybridized carbons (Fsp3) is 0.500. The van der Waals surface area contributed by atoms with E-state index >= 15 is 0 Å². The van der Waals surface area contributed by atoms with E-state index in [1.54, 1.807) is 11.3 Å². The van der Waals surface area contributed by atoms with E-state index in [-0.39, 0.29) is 18.3 Å². The third-order valence-electron chi connectivity index (χ3n) is 5.28. The summed E-state index contributed by atoms with van der Waals surface area (Å²) < 4.78 is 0. The molecule has 0 spiro atoms. The van der Waals surface area contributed by atoms with Gasteiger partial charge in [-0.05, 0) is 75.5 Å². The lowest BCUT2D eigenvalue weighted by atomic mass is 9.97. The van der Waals surface area contributed by atoms with Crippen molar-refractivity contribution < 1.29 is 4.79 Å². The fourth-order valence-electron chi connectivity index (χ4n) is 3.82. The number of anilines is 1. The number of nitrogens with zero attached hydrogens (tertiary/aromatic N) is 2. The Morgan fingerprint density at radius 2 is 2.04 bits per heavy atom. The molecule has 27 heavy (non-hydrogen) atoms. The largest absolute Gasteiger partial charge is 0.317 e. The summed E-state index contributed by atoms with van der Waals surface area (Å²) in [6.45, 7) is 5.38. The van der Waals surface area contributed by atoms with E-state index in [1.807, 2.05) is 24.4 Å². The molecule has 3 heterocycles. The van der Waals surface area contributed by atoms with Gasteiger partial charge in [-0.15, -0.1) is 23.7 Å². The highest BCUT2D eigenvalue weighted by Gasteiger charge is 2.19. The topological polar surface area (TPSA) is 57.3 Å². The molecular weight excluding hydrogens is 380 g/mol. The van der Waals surface area contributed by atoms with Crippen molar-refractivity contribution in [2.75, 3.05) is 31.5 Å². The Bertz CT molecular complexity index is 754. The van der Waals surface area contributed by atoms with Crippen molar-refractivity contribution in [1.82, 2.24) is 15.2 Å². The van der Waals surface area contributed by atoms with Crippen LogP contribution >= 0.6 is 23.7 Å². The van der Waals surface area contributed by atoms with Crippen LogP contribution in [0.5, 0.6) is 0 Å². The van der Waals surface area contributed by atoms with Gasteiger partial charge in [0.1, 0.15) is 0 Å². The normalized spacial score (nSPS) is 18.2. The Balaban J connectivity index is 0.00000210. The van der Waals surface area contributed by atoms with Gasteiger partial charge < -0.3 is 5.32 Å². The molecule has 0 aliphatic carbocycles. The van der Waals surface area contributed by atoms with Gasteiger partial charge in [-0.1, -0.05) is 12.1 Å². The molecule has 146 valence electrons. The number of amides is 1. The van der Waals surface area contributed by atoms with E-state index in [4.69, 9.17) is 0 Å². The molecule has 2 fully saturated rings. The molecule has 5 nitrogen and oxygen atoms in total. The first-order chi connectivity index (χ1) is 12.8. The van der Waals surface area contributed by atoms with E-state index in [0.29, 0.717) is 16.6 Å². The third-order valence-corrected chi connectivity index (χ3v) is 6.35. The minimum absolute atomic E-state index is 0. The van der Waals surface area contributed by atoms with Crippen LogP contribution in [0.4, 0.5) is 5.13 Å².